The number of esters is 1. The zero-order chi connectivity index (χ0) is 30.4. The lowest BCUT2D eigenvalue weighted by Gasteiger charge is -2.28. The Bertz CT molecular complexity index is 1610. The molecular formula is C28H27N5O9. The number of benzene rings is 2. The summed E-state index contributed by atoms with van der Waals surface area (Å²) in [6, 6.07) is 11.4. The molecular weight excluding hydrogens is 550 g/mol. The van der Waals surface area contributed by atoms with Gasteiger partial charge in [-0.25, -0.2) is 15.0 Å². The first-order valence-electron chi connectivity index (χ1n) is 12.5. The number of hydrogen-bond acceptors (Lipinski definition) is 10. The molecule has 3 N–H and O–H groups in total. The Labute approximate surface area is 239 Å². The molecule has 1 aliphatic rings. The number of methoxy groups -OCH3 is 2. The van der Waals surface area contributed by atoms with Gasteiger partial charge in [-0.05, 0) is 55.3 Å². The Morgan fingerprint density at radius 2 is 1.90 bits per heavy atom. The van der Waals surface area contributed by atoms with E-state index in [9.17, 15) is 24.5 Å². The molecule has 0 saturated heterocycles. The zero-order valence-corrected chi connectivity index (χ0v) is 23.0. The van der Waals surface area contributed by atoms with Crippen LogP contribution in [-0.2, 0) is 14.3 Å². The maximum atomic E-state index is 12.3. The first kappa shape index (κ1) is 29.3. The molecule has 3 aromatic rings. The molecule has 4 rings (SSSR count). The highest BCUT2D eigenvalue weighted by Crippen LogP contribution is 2.35. The van der Waals surface area contributed by atoms with Gasteiger partial charge in [-0.3, -0.25) is 14.9 Å². The monoisotopic (exact) mass is 577 g/mol. The van der Waals surface area contributed by atoms with Crippen LogP contribution >= 0.6 is 0 Å². The highest BCUT2D eigenvalue weighted by Gasteiger charge is 2.32. The number of rotatable bonds is 10. The number of nitro groups is 1. The first-order chi connectivity index (χ1) is 20.1. The van der Waals surface area contributed by atoms with Gasteiger partial charge >= 0.3 is 12.0 Å². The second kappa shape index (κ2) is 12.7. The smallest absolute Gasteiger partial charge is 0.337 e. The number of nitrogens with zero attached hydrogens (tertiary/aromatic N) is 2. The molecule has 14 nitrogen and oxygen atoms in total. The van der Waals surface area contributed by atoms with Crippen molar-refractivity contribution in [3.05, 3.63) is 86.8 Å². The topological polar surface area (TPSA) is 184 Å². The van der Waals surface area contributed by atoms with Crippen LogP contribution in [0.15, 0.2) is 69.3 Å². The number of ether oxygens (including phenoxy) is 3. The van der Waals surface area contributed by atoms with Gasteiger partial charge in [0.2, 0.25) is 0 Å². The number of allylic oxidation sites excluding steroid dienone is 1. The van der Waals surface area contributed by atoms with E-state index in [1.807, 2.05) is 0 Å². The molecule has 0 spiro atoms. The number of urea groups is 1. The van der Waals surface area contributed by atoms with Gasteiger partial charge in [0.05, 0.1) is 42.5 Å². The summed E-state index contributed by atoms with van der Waals surface area (Å²) < 4.78 is 21.5. The van der Waals surface area contributed by atoms with Crippen LogP contribution in [0.2, 0.25) is 0 Å². The summed E-state index contributed by atoms with van der Waals surface area (Å²) in [5, 5.41) is 20.5. The summed E-state index contributed by atoms with van der Waals surface area (Å²) in [5.41, 5.74) is 4.39. The number of hydrogen-bond donors (Lipinski definition) is 3. The summed E-state index contributed by atoms with van der Waals surface area (Å²) in [6.07, 6.45) is 1.25. The van der Waals surface area contributed by atoms with E-state index >= 15 is 0 Å². The molecule has 0 aliphatic carbocycles. The molecule has 0 saturated carbocycles. The molecule has 1 aromatic heterocycles. The van der Waals surface area contributed by atoms with Crippen LogP contribution < -0.4 is 25.5 Å². The summed E-state index contributed by atoms with van der Waals surface area (Å²) in [5.74, 6) is -0.164. The molecule has 218 valence electrons. The second-order valence-electron chi connectivity index (χ2n) is 9.03. The number of carbonyl (C=O) groups excluding carboxylic acids is 3. The van der Waals surface area contributed by atoms with Gasteiger partial charge in [-0.15, -0.1) is 0 Å². The third kappa shape index (κ3) is 6.55. The van der Waals surface area contributed by atoms with E-state index in [-0.39, 0.29) is 34.3 Å². The third-order valence-corrected chi connectivity index (χ3v) is 6.18. The van der Waals surface area contributed by atoms with Crippen molar-refractivity contribution < 1.29 is 37.9 Å². The predicted octanol–water partition coefficient (Wildman–Crippen LogP) is 3.50. The summed E-state index contributed by atoms with van der Waals surface area (Å²) in [4.78, 5) is 47.6. The molecule has 1 atom stereocenters. The van der Waals surface area contributed by atoms with E-state index in [2.05, 4.69) is 21.2 Å². The number of nitrogens with one attached hydrogen (secondary N) is 3. The van der Waals surface area contributed by atoms with E-state index in [4.69, 9.17) is 18.6 Å². The standard InChI is InChI=1S/C28H27N5O9/c1-15-5-8-19(20(11-15)33(37)38)21-10-7-18(42-21)13-29-32-24(34)14-41-22-9-6-17(12-23(22)39-3)26-25(27(35)40-4)16(2)30-28(36)31-26/h5-13,26H,14H2,1-4H3,(H,32,34)(H2,30,31,36)/b29-13-/t26-/m0/s1. The fourth-order valence-corrected chi connectivity index (χ4v) is 4.22. The van der Waals surface area contributed by atoms with Crippen molar-refractivity contribution in [2.24, 2.45) is 5.10 Å². The van der Waals surface area contributed by atoms with E-state index in [1.54, 1.807) is 50.2 Å². The van der Waals surface area contributed by atoms with Gasteiger partial charge in [0, 0.05) is 11.8 Å². The fourth-order valence-electron chi connectivity index (χ4n) is 4.22. The van der Waals surface area contributed by atoms with Crippen LogP contribution in [-0.4, -0.2) is 49.9 Å². The Kier molecular flexibility index (Phi) is 8.85. The highest BCUT2D eigenvalue weighted by atomic mass is 16.6. The van der Waals surface area contributed by atoms with Gasteiger partial charge < -0.3 is 29.3 Å². The number of furan rings is 1. The van der Waals surface area contributed by atoms with Crippen LogP contribution in [0, 0.1) is 17.0 Å². The minimum atomic E-state index is -0.800. The molecule has 2 heterocycles. The van der Waals surface area contributed by atoms with E-state index < -0.39 is 35.5 Å². The van der Waals surface area contributed by atoms with Crippen molar-refractivity contribution in [2.75, 3.05) is 20.8 Å². The molecule has 14 heteroatoms. The Balaban J connectivity index is 1.39. The van der Waals surface area contributed by atoms with Crippen molar-refractivity contribution in [1.29, 1.82) is 0 Å². The lowest BCUT2D eigenvalue weighted by Crippen LogP contribution is -2.45. The van der Waals surface area contributed by atoms with Gasteiger partial charge in [0.15, 0.2) is 18.1 Å². The SMILES string of the molecule is COC(=O)C1=C(C)NC(=O)N[C@H]1c1ccc(OCC(=O)N/N=C\c2ccc(-c3ccc(C)cc3[N+](=O)[O-])o2)c(OC)c1. The Morgan fingerprint density at radius 3 is 2.62 bits per heavy atom. The minimum Gasteiger partial charge on any atom is -0.493 e. The molecule has 3 amide bonds. The Hall–Kier alpha value is -5.66. The largest absolute Gasteiger partial charge is 0.493 e. The average molecular weight is 578 g/mol. The van der Waals surface area contributed by atoms with Crippen LogP contribution in [0.3, 0.4) is 0 Å². The molecule has 1 aliphatic heterocycles. The van der Waals surface area contributed by atoms with Crippen LogP contribution in [0.5, 0.6) is 11.5 Å². The van der Waals surface area contributed by atoms with E-state index in [1.165, 1.54) is 32.6 Å². The molecule has 0 radical (unpaired) electrons. The van der Waals surface area contributed by atoms with Gasteiger partial charge in [-0.1, -0.05) is 12.1 Å². The molecule has 0 fully saturated rings. The minimum absolute atomic E-state index is 0.0854. The van der Waals surface area contributed by atoms with E-state index in [0.717, 1.165) is 5.56 Å². The molecule has 42 heavy (non-hydrogen) atoms. The summed E-state index contributed by atoms with van der Waals surface area (Å²) >= 11 is 0. The average Bonchev–Trinajstić information content (AvgIpc) is 3.43. The number of hydrazone groups is 1. The normalized spacial score (nSPS) is 14.7. The lowest BCUT2D eigenvalue weighted by molar-refractivity contribution is -0.384. The van der Waals surface area contributed by atoms with Crippen molar-refractivity contribution >= 4 is 29.8 Å². The maximum Gasteiger partial charge on any atom is 0.337 e. The third-order valence-electron chi connectivity index (χ3n) is 6.18. The molecule has 2 aromatic carbocycles. The van der Waals surface area contributed by atoms with Crippen molar-refractivity contribution in [3.63, 3.8) is 0 Å². The van der Waals surface area contributed by atoms with Crippen molar-refractivity contribution in [3.8, 4) is 22.8 Å². The van der Waals surface area contributed by atoms with Crippen LogP contribution in [0.4, 0.5) is 10.5 Å². The Morgan fingerprint density at radius 1 is 1.12 bits per heavy atom. The first-order valence-corrected chi connectivity index (χ1v) is 12.5. The lowest BCUT2D eigenvalue weighted by atomic mass is 9.95. The van der Waals surface area contributed by atoms with E-state index in [0.29, 0.717) is 16.8 Å². The summed E-state index contributed by atoms with van der Waals surface area (Å²) in [7, 11) is 2.65. The number of aryl methyl sites for hydroxylation is 1. The summed E-state index contributed by atoms with van der Waals surface area (Å²) in [6.45, 7) is 2.93. The molecule has 0 unspecified atom stereocenters. The molecule has 0 bridgehead atoms. The number of carbonyl (C=O) groups is 3. The number of nitro benzene ring substituents is 1. The highest BCUT2D eigenvalue weighted by molar-refractivity contribution is 5.95. The van der Waals surface area contributed by atoms with Crippen LogP contribution in [0.25, 0.3) is 11.3 Å². The quantitative estimate of drug-likeness (QED) is 0.140. The number of amides is 3. The van der Waals surface area contributed by atoms with Crippen molar-refractivity contribution in [2.45, 2.75) is 19.9 Å². The zero-order valence-electron chi connectivity index (χ0n) is 23.0. The second-order valence-corrected chi connectivity index (χ2v) is 9.03. The maximum absolute atomic E-state index is 12.3. The van der Waals surface area contributed by atoms with Gasteiger partial charge in [-0.2, -0.15) is 5.10 Å². The van der Waals surface area contributed by atoms with Crippen molar-refractivity contribution in [1.82, 2.24) is 16.1 Å². The van der Waals surface area contributed by atoms with Gasteiger partial charge in [0.25, 0.3) is 11.6 Å². The van der Waals surface area contributed by atoms with Gasteiger partial charge in [0.1, 0.15) is 11.5 Å². The fraction of sp³-hybridized carbons (Fsp3) is 0.214. The predicted molar refractivity (Wildman–Crippen MR) is 149 cm³/mol. The van der Waals surface area contributed by atoms with Crippen LogP contribution in [0.1, 0.15) is 29.9 Å².